The zero-order valence-corrected chi connectivity index (χ0v) is 18.0. The van der Waals surface area contributed by atoms with Gasteiger partial charge in [-0.05, 0) is 43.9 Å². The summed E-state index contributed by atoms with van der Waals surface area (Å²) >= 11 is 0. The Morgan fingerprint density at radius 1 is 1.17 bits per heavy atom. The fourth-order valence-corrected chi connectivity index (χ4v) is 4.56. The standard InChI is InChI=1S/C23H32N4O3/c1-26-16-17(15-25-26)14-24-23(28)18-7-8-21(22(13-18)29-2)30-20-9-11-27(12-10-20)19-5-3-4-6-19/h7-8,13,15-16,19-20H,3-6,9-12,14H2,1-2H3,(H,24,28). The van der Waals surface area contributed by atoms with Gasteiger partial charge in [-0.15, -0.1) is 0 Å². The topological polar surface area (TPSA) is 68.6 Å². The molecule has 2 fully saturated rings. The van der Waals surface area contributed by atoms with Crippen LogP contribution in [0.15, 0.2) is 30.6 Å². The number of nitrogens with one attached hydrogen (secondary N) is 1. The molecule has 1 aliphatic carbocycles. The van der Waals surface area contributed by atoms with Crippen LogP contribution < -0.4 is 14.8 Å². The van der Waals surface area contributed by atoms with Gasteiger partial charge in [-0.1, -0.05) is 12.8 Å². The maximum atomic E-state index is 12.5. The number of piperidine rings is 1. The minimum atomic E-state index is -0.145. The molecule has 2 aliphatic rings. The summed E-state index contributed by atoms with van der Waals surface area (Å²) in [6.07, 6.45) is 11.3. The van der Waals surface area contributed by atoms with Gasteiger partial charge in [0.05, 0.1) is 13.3 Å². The molecular weight excluding hydrogens is 380 g/mol. The number of nitrogens with zero attached hydrogens (tertiary/aromatic N) is 3. The molecule has 1 aromatic carbocycles. The number of methoxy groups -OCH3 is 1. The average molecular weight is 413 g/mol. The third-order valence-electron chi connectivity index (χ3n) is 6.25. The first-order chi connectivity index (χ1) is 14.6. The molecule has 1 saturated carbocycles. The zero-order chi connectivity index (χ0) is 20.9. The first kappa shape index (κ1) is 20.7. The van der Waals surface area contributed by atoms with Crippen molar-refractivity contribution in [3.05, 3.63) is 41.7 Å². The predicted molar refractivity (Wildman–Crippen MR) is 115 cm³/mol. The van der Waals surface area contributed by atoms with Crippen LogP contribution in [0.25, 0.3) is 0 Å². The Labute approximate surface area is 178 Å². The van der Waals surface area contributed by atoms with Crippen LogP contribution in [0.5, 0.6) is 11.5 Å². The molecular formula is C23H32N4O3. The quantitative estimate of drug-likeness (QED) is 0.757. The fourth-order valence-electron chi connectivity index (χ4n) is 4.56. The van der Waals surface area contributed by atoms with Crippen molar-refractivity contribution in [2.24, 2.45) is 7.05 Å². The fraction of sp³-hybridized carbons (Fsp3) is 0.565. The number of ether oxygens (including phenoxy) is 2. The molecule has 1 saturated heterocycles. The van der Waals surface area contributed by atoms with Crippen LogP contribution in [0.3, 0.4) is 0 Å². The number of hydrogen-bond donors (Lipinski definition) is 1. The lowest BCUT2D eigenvalue weighted by Crippen LogP contribution is -2.43. The average Bonchev–Trinajstić information content (AvgIpc) is 3.45. The van der Waals surface area contributed by atoms with E-state index in [1.165, 1.54) is 25.7 Å². The molecule has 1 aliphatic heterocycles. The van der Waals surface area contributed by atoms with Crippen molar-refractivity contribution < 1.29 is 14.3 Å². The predicted octanol–water partition coefficient (Wildman–Crippen LogP) is 3.14. The van der Waals surface area contributed by atoms with E-state index in [9.17, 15) is 4.79 Å². The summed E-state index contributed by atoms with van der Waals surface area (Å²) in [6, 6.07) is 6.18. The second-order valence-corrected chi connectivity index (χ2v) is 8.36. The minimum Gasteiger partial charge on any atom is -0.493 e. The molecule has 162 valence electrons. The zero-order valence-electron chi connectivity index (χ0n) is 18.0. The van der Waals surface area contributed by atoms with Crippen LogP contribution in [0, 0.1) is 0 Å². The molecule has 0 spiro atoms. The molecule has 0 radical (unpaired) electrons. The number of likely N-dealkylation sites (tertiary alicyclic amines) is 1. The molecule has 2 heterocycles. The van der Waals surface area contributed by atoms with E-state index in [2.05, 4.69) is 15.3 Å². The van der Waals surface area contributed by atoms with Crippen molar-refractivity contribution in [2.75, 3.05) is 20.2 Å². The summed E-state index contributed by atoms with van der Waals surface area (Å²) in [6.45, 7) is 2.64. The molecule has 0 bridgehead atoms. The number of benzene rings is 1. The molecule has 4 rings (SSSR count). The number of amides is 1. The third-order valence-corrected chi connectivity index (χ3v) is 6.25. The minimum absolute atomic E-state index is 0.145. The van der Waals surface area contributed by atoms with E-state index in [0.29, 0.717) is 23.6 Å². The number of rotatable bonds is 7. The second-order valence-electron chi connectivity index (χ2n) is 8.36. The number of carbonyl (C=O) groups excluding carboxylic acids is 1. The van der Waals surface area contributed by atoms with Gasteiger partial charge in [-0.25, -0.2) is 0 Å². The van der Waals surface area contributed by atoms with Crippen LogP contribution in [0.2, 0.25) is 0 Å². The number of carbonyl (C=O) groups is 1. The van der Waals surface area contributed by atoms with E-state index < -0.39 is 0 Å². The number of aromatic nitrogens is 2. The van der Waals surface area contributed by atoms with Crippen molar-refractivity contribution >= 4 is 5.91 Å². The van der Waals surface area contributed by atoms with E-state index in [0.717, 1.165) is 37.5 Å². The van der Waals surface area contributed by atoms with Gasteiger partial charge in [0.1, 0.15) is 6.10 Å². The molecule has 0 unspecified atom stereocenters. The highest BCUT2D eigenvalue weighted by atomic mass is 16.5. The van der Waals surface area contributed by atoms with Crippen LogP contribution in [-0.2, 0) is 13.6 Å². The highest BCUT2D eigenvalue weighted by molar-refractivity contribution is 5.94. The van der Waals surface area contributed by atoms with Crippen molar-refractivity contribution in [2.45, 2.75) is 57.2 Å². The maximum absolute atomic E-state index is 12.5. The van der Waals surface area contributed by atoms with Gasteiger partial charge >= 0.3 is 0 Å². The summed E-state index contributed by atoms with van der Waals surface area (Å²) in [5, 5.41) is 7.03. The highest BCUT2D eigenvalue weighted by Crippen LogP contribution is 2.32. The van der Waals surface area contributed by atoms with E-state index in [1.54, 1.807) is 30.1 Å². The Hall–Kier alpha value is -2.54. The monoisotopic (exact) mass is 412 g/mol. The Bertz CT molecular complexity index is 852. The molecule has 1 N–H and O–H groups in total. The van der Waals surface area contributed by atoms with Gasteiger partial charge < -0.3 is 19.7 Å². The van der Waals surface area contributed by atoms with E-state index in [-0.39, 0.29) is 12.0 Å². The molecule has 0 atom stereocenters. The van der Waals surface area contributed by atoms with Gasteiger partial charge in [-0.3, -0.25) is 9.48 Å². The molecule has 7 heteroatoms. The molecule has 30 heavy (non-hydrogen) atoms. The summed E-state index contributed by atoms with van der Waals surface area (Å²) in [5.41, 5.74) is 1.51. The van der Waals surface area contributed by atoms with Crippen molar-refractivity contribution in [1.82, 2.24) is 20.0 Å². The SMILES string of the molecule is COc1cc(C(=O)NCc2cnn(C)c2)ccc1OC1CCN(C2CCCC2)CC1. The lowest BCUT2D eigenvalue weighted by molar-refractivity contribution is 0.0750. The number of aryl methyl sites for hydroxylation is 1. The van der Waals surface area contributed by atoms with E-state index >= 15 is 0 Å². The largest absolute Gasteiger partial charge is 0.493 e. The smallest absolute Gasteiger partial charge is 0.251 e. The lowest BCUT2D eigenvalue weighted by atomic mass is 10.0. The van der Waals surface area contributed by atoms with Crippen molar-refractivity contribution in [3.8, 4) is 11.5 Å². The third kappa shape index (κ3) is 4.95. The van der Waals surface area contributed by atoms with Crippen molar-refractivity contribution in [3.63, 3.8) is 0 Å². The summed E-state index contributed by atoms with van der Waals surface area (Å²) in [5.74, 6) is 1.16. The van der Waals surface area contributed by atoms with Gasteiger partial charge in [-0.2, -0.15) is 5.10 Å². The molecule has 7 nitrogen and oxygen atoms in total. The first-order valence-corrected chi connectivity index (χ1v) is 11.0. The van der Waals surface area contributed by atoms with Gasteiger partial charge in [0.25, 0.3) is 5.91 Å². The Balaban J connectivity index is 1.32. The van der Waals surface area contributed by atoms with Crippen LogP contribution in [0.4, 0.5) is 0 Å². The van der Waals surface area contributed by atoms with Crippen LogP contribution in [-0.4, -0.2) is 52.9 Å². The molecule has 1 aromatic heterocycles. The van der Waals surface area contributed by atoms with Crippen molar-refractivity contribution in [1.29, 1.82) is 0 Å². The van der Waals surface area contributed by atoms with Crippen LogP contribution in [0.1, 0.15) is 54.4 Å². The maximum Gasteiger partial charge on any atom is 0.251 e. The van der Waals surface area contributed by atoms with Gasteiger partial charge in [0.2, 0.25) is 0 Å². The van der Waals surface area contributed by atoms with Gasteiger partial charge in [0.15, 0.2) is 11.5 Å². The summed E-state index contributed by atoms with van der Waals surface area (Å²) in [7, 11) is 3.47. The Morgan fingerprint density at radius 3 is 2.60 bits per heavy atom. The first-order valence-electron chi connectivity index (χ1n) is 11.0. The van der Waals surface area contributed by atoms with E-state index in [4.69, 9.17) is 9.47 Å². The lowest BCUT2D eigenvalue weighted by Gasteiger charge is -2.36. The molecule has 1 amide bonds. The Kier molecular flexibility index (Phi) is 6.57. The molecule has 2 aromatic rings. The summed E-state index contributed by atoms with van der Waals surface area (Å²) in [4.78, 5) is 15.2. The van der Waals surface area contributed by atoms with E-state index in [1.807, 2.05) is 19.3 Å². The van der Waals surface area contributed by atoms with Crippen LogP contribution >= 0.6 is 0 Å². The second kappa shape index (κ2) is 9.51. The van der Waals surface area contributed by atoms with Gasteiger partial charge in [0, 0.05) is 50.0 Å². The normalized spacial score (nSPS) is 18.5. The highest BCUT2D eigenvalue weighted by Gasteiger charge is 2.28. The summed E-state index contributed by atoms with van der Waals surface area (Å²) < 4.78 is 13.5. The number of hydrogen-bond acceptors (Lipinski definition) is 5. The Morgan fingerprint density at radius 2 is 1.93 bits per heavy atom.